The Labute approximate surface area is 134 Å². The van der Waals surface area contributed by atoms with Crippen LogP contribution in [0.15, 0.2) is 0 Å². The number of hydrogen-bond donors (Lipinski definition) is 0. The predicted octanol–water partition coefficient (Wildman–Crippen LogP) is 2.39. The van der Waals surface area contributed by atoms with Gasteiger partial charge in [-0.3, -0.25) is 4.79 Å². The summed E-state index contributed by atoms with van der Waals surface area (Å²) in [6, 6.07) is 0. The van der Waals surface area contributed by atoms with Crippen LogP contribution in [-0.4, -0.2) is 39.1 Å². The molecule has 7 heteroatoms. The molecule has 0 bridgehead atoms. The van der Waals surface area contributed by atoms with Crippen LogP contribution in [-0.2, 0) is 22.7 Å². The molecule has 6 nitrogen and oxygen atoms in total. The standard InChI is InChI=1S/C15H22N4O2S/c1-4-5-11-6-14(20)18(7-11)8-12-10(2)16-15-19(12)17-13(22-15)9-21-3/h11H,4-9H2,1-3H3/t11-/m1/s1. The molecule has 1 aliphatic heterocycles. The number of rotatable bonds is 6. The Morgan fingerprint density at radius 1 is 1.45 bits per heavy atom. The number of hydrogen-bond acceptors (Lipinski definition) is 5. The van der Waals surface area contributed by atoms with Crippen molar-refractivity contribution in [3.8, 4) is 0 Å². The minimum atomic E-state index is 0.250. The molecule has 2 aromatic rings. The van der Waals surface area contributed by atoms with Crippen LogP contribution in [0.5, 0.6) is 0 Å². The monoisotopic (exact) mass is 322 g/mol. The SMILES string of the molecule is CCC[C@@H]1CC(=O)N(Cc2c(C)nc3sc(COC)nn23)C1. The number of carbonyl (C=O) groups excluding carboxylic acids is 1. The molecular weight excluding hydrogens is 300 g/mol. The molecule has 1 amide bonds. The summed E-state index contributed by atoms with van der Waals surface area (Å²) < 4.78 is 7.00. The molecule has 2 aromatic heterocycles. The van der Waals surface area contributed by atoms with Crippen molar-refractivity contribution in [2.45, 2.75) is 46.3 Å². The van der Waals surface area contributed by atoms with Crippen LogP contribution in [0.3, 0.4) is 0 Å². The van der Waals surface area contributed by atoms with Crippen molar-refractivity contribution in [1.29, 1.82) is 0 Å². The topological polar surface area (TPSA) is 59.7 Å². The highest BCUT2D eigenvalue weighted by molar-refractivity contribution is 7.16. The maximum Gasteiger partial charge on any atom is 0.223 e. The van der Waals surface area contributed by atoms with Gasteiger partial charge in [0.2, 0.25) is 10.9 Å². The van der Waals surface area contributed by atoms with Gasteiger partial charge in [-0.1, -0.05) is 24.7 Å². The van der Waals surface area contributed by atoms with Crippen LogP contribution in [0, 0.1) is 12.8 Å². The van der Waals surface area contributed by atoms with Crippen LogP contribution in [0.2, 0.25) is 0 Å². The molecule has 0 aliphatic carbocycles. The van der Waals surface area contributed by atoms with Crippen molar-refractivity contribution < 1.29 is 9.53 Å². The van der Waals surface area contributed by atoms with Crippen LogP contribution >= 0.6 is 11.3 Å². The Morgan fingerprint density at radius 2 is 2.27 bits per heavy atom. The average Bonchev–Trinajstić information content (AvgIpc) is 3.08. The molecule has 0 N–H and O–H groups in total. The zero-order valence-electron chi connectivity index (χ0n) is 13.3. The number of ether oxygens (including phenoxy) is 1. The number of fused-ring (bicyclic) bond motifs is 1. The van der Waals surface area contributed by atoms with Gasteiger partial charge in [-0.05, 0) is 19.3 Å². The van der Waals surface area contributed by atoms with Crippen molar-refractivity contribution in [3.63, 3.8) is 0 Å². The number of imidazole rings is 1. The summed E-state index contributed by atoms with van der Waals surface area (Å²) in [7, 11) is 1.66. The zero-order valence-corrected chi connectivity index (χ0v) is 14.2. The first-order valence-electron chi connectivity index (χ1n) is 7.73. The summed E-state index contributed by atoms with van der Waals surface area (Å²) in [6.45, 7) is 6.10. The van der Waals surface area contributed by atoms with E-state index in [0.29, 0.717) is 25.5 Å². The van der Waals surface area contributed by atoms with Crippen molar-refractivity contribution in [1.82, 2.24) is 19.5 Å². The van der Waals surface area contributed by atoms with Crippen molar-refractivity contribution >= 4 is 22.2 Å². The lowest BCUT2D eigenvalue weighted by atomic mass is 10.0. The molecule has 3 heterocycles. The quantitative estimate of drug-likeness (QED) is 0.819. The number of aryl methyl sites for hydroxylation is 1. The second kappa shape index (κ2) is 6.34. The molecule has 1 fully saturated rings. The number of aromatic nitrogens is 3. The Bertz CT molecular complexity index is 678. The fourth-order valence-corrected chi connectivity index (χ4v) is 4.01. The number of nitrogens with zero attached hydrogens (tertiary/aromatic N) is 4. The number of methoxy groups -OCH3 is 1. The maximum atomic E-state index is 12.2. The highest BCUT2D eigenvalue weighted by Crippen LogP contribution is 2.26. The summed E-state index contributed by atoms with van der Waals surface area (Å²) in [6.07, 6.45) is 2.94. The molecule has 22 heavy (non-hydrogen) atoms. The normalized spacial score (nSPS) is 18.8. The molecule has 0 spiro atoms. The summed E-state index contributed by atoms with van der Waals surface area (Å²) in [4.78, 5) is 19.6. The third-order valence-electron chi connectivity index (χ3n) is 4.14. The van der Waals surface area contributed by atoms with Gasteiger partial charge in [0, 0.05) is 20.1 Å². The fraction of sp³-hybridized carbons (Fsp3) is 0.667. The summed E-state index contributed by atoms with van der Waals surface area (Å²) in [5, 5.41) is 5.46. The minimum Gasteiger partial charge on any atom is -0.377 e. The van der Waals surface area contributed by atoms with Crippen LogP contribution in [0.4, 0.5) is 0 Å². The van der Waals surface area contributed by atoms with Gasteiger partial charge < -0.3 is 9.64 Å². The van der Waals surface area contributed by atoms with E-state index >= 15 is 0 Å². The van der Waals surface area contributed by atoms with E-state index < -0.39 is 0 Å². The predicted molar refractivity (Wildman–Crippen MR) is 84.7 cm³/mol. The van der Waals surface area contributed by atoms with E-state index in [1.807, 2.05) is 16.3 Å². The Hall–Kier alpha value is -1.47. The average molecular weight is 322 g/mol. The molecule has 1 atom stereocenters. The lowest BCUT2D eigenvalue weighted by molar-refractivity contribution is -0.128. The highest BCUT2D eigenvalue weighted by atomic mass is 32.1. The molecule has 3 rings (SSSR count). The van der Waals surface area contributed by atoms with Gasteiger partial charge in [-0.25, -0.2) is 9.50 Å². The molecule has 1 aliphatic rings. The van der Waals surface area contributed by atoms with Gasteiger partial charge in [0.15, 0.2) is 0 Å². The second-order valence-corrected chi connectivity index (χ2v) is 6.94. The van der Waals surface area contributed by atoms with E-state index in [2.05, 4.69) is 17.0 Å². The minimum absolute atomic E-state index is 0.250. The third-order valence-corrected chi connectivity index (χ3v) is 5.02. The third kappa shape index (κ3) is 2.87. The molecular formula is C15H22N4O2S. The first kappa shape index (κ1) is 15.4. The summed E-state index contributed by atoms with van der Waals surface area (Å²) in [5.41, 5.74) is 1.97. The van der Waals surface area contributed by atoms with E-state index in [1.165, 1.54) is 11.3 Å². The highest BCUT2D eigenvalue weighted by Gasteiger charge is 2.30. The fourth-order valence-electron chi connectivity index (χ4n) is 3.08. The van der Waals surface area contributed by atoms with Crippen LogP contribution in [0.1, 0.15) is 42.6 Å². The van der Waals surface area contributed by atoms with Crippen LogP contribution in [0.25, 0.3) is 4.96 Å². The van der Waals surface area contributed by atoms with Crippen LogP contribution < -0.4 is 0 Å². The van der Waals surface area contributed by atoms with Gasteiger partial charge >= 0.3 is 0 Å². The van der Waals surface area contributed by atoms with Crippen molar-refractivity contribution in [2.24, 2.45) is 5.92 Å². The Balaban J connectivity index is 1.81. The largest absolute Gasteiger partial charge is 0.377 e. The molecule has 120 valence electrons. The van der Waals surface area contributed by atoms with Gasteiger partial charge in [-0.15, -0.1) is 0 Å². The molecule has 0 aromatic carbocycles. The Kier molecular flexibility index (Phi) is 4.44. The molecule has 0 radical (unpaired) electrons. The lowest BCUT2D eigenvalue weighted by Gasteiger charge is -2.16. The maximum absolute atomic E-state index is 12.2. The molecule has 1 saturated heterocycles. The van der Waals surface area contributed by atoms with Crippen molar-refractivity contribution in [2.75, 3.05) is 13.7 Å². The van der Waals surface area contributed by atoms with E-state index in [4.69, 9.17) is 4.74 Å². The summed E-state index contributed by atoms with van der Waals surface area (Å²) in [5.74, 6) is 0.751. The van der Waals surface area contributed by atoms with E-state index in [-0.39, 0.29) is 5.91 Å². The van der Waals surface area contributed by atoms with Gasteiger partial charge in [0.05, 0.1) is 24.5 Å². The van der Waals surface area contributed by atoms with Gasteiger partial charge in [0.25, 0.3) is 0 Å². The second-order valence-electron chi connectivity index (χ2n) is 5.90. The number of likely N-dealkylation sites (tertiary alicyclic amines) is 1. The van der Waals surface area contributed by atoms with Crippen molar-refractivity contribution in [3.05, 3.63) is 16.4 Å². The zero-order chi connectivity index (χ0) is 15.7. The molecule has 0 saturated carbocycles. The van der Waals surface area contributed by atoms with Gasteiger partial charge in [-0.2, -0.15) is 5.10 Å². The van der Waals surface area contributed by atoms with E-state index in [1.54, 1.807) is 7.11 Å². The van der Waals surface area contributed by atoms with Gasteiger partial charge in [0.1, 0.15) is 5.01 Å². The van der Waals surface area contributed by atoms with E-state index in [0.717, 1.165) is 40.7 Å². The lowest BCUT2D eigenvalue weighted by Crippen LogP contribution is -2.25. The number of amides is 1. The first-order chi connectivity index (χ1) is 10.6. The molecule has 0 unspecified atom stereocenters. The number of carbonyl (C=O) groups is 1. The Morgan fingerprint density at radius 3 is 3.00 bits per heavy atom. The van der Waals surface area contributed by atoms with E-state index in [9.17, 15) is 4.79 Å². The first-order valence-corrected chi connectivity index (χ1v) is 8.54. The smallest absolute Gasteiger partial charge is 0.223 e. The summed E-state index contributed by atoms with van der Waals surface area (Å²) >= 11 is 1.54.